The molecule has 0 aliphatic heterocycles. The molecule has 0 unspecified atom stereocenters. The van der Waals surface area contributed by atoms with Crippen molar-refractivity contribution in [2.24, 2.45) is 0 Å². The zero-order chi connectivity index (χ0) is 21.6. The molecule has 1 atom stereocenters. The van der Waals surface area contributed by atoms with Crippen molar-refractivity contribution < 1.29 is 9.53 Å². The number of hydrogen-bond acceptors (Lipinski definition) is 3. The maximum absolute atomic E-state index is 12.5. The molecule has 0 saturated carbocycles. The fourth-order valence-corrected chi connectivity index (χ4v) is 4.52. The molecule has 1 aliphatic rings. The summed E-state index contributed by atoms with van der Waals surface area (Å²) in [6.45, 7) is 1.76. The molecule has 4 nitrogen and oxygen atoms in total. The number of nitrogens with zero attached hydrogens (tertiary/aromatic N) is 1. The number of hydrogen-bond donors (Lipinski definition) is 1. The Balaban J connectivity index is 1.20. The third kappa shape index (κ3) is 5.26. The Bertz CT molecular complexity index is 1050. The van der Waals surface area contributed by atoms with Gasteiger partial charge in [0.25, 0.3) is 5.91 Å². The summed E-state index contributed by atoms with van der Waals surface area (Å²) in [7, 11) is 3.95. The highest BCUT2D eigenvalue weighted by Gasteiger charge is 2.22. The zero-order valence-electron chi connectivity index (χ0n) is 18.6. The SMILES string of the molecule is COc1ccc2c(c1)C[C@H](N(C)CCCCNC(=O)c1ccc3ccccc3c1)CC2. The molecule has 1 amide bonds. The number of aryl methyl sites for hydroxylation is 1. The van der Waals surface area contributed by atoms with Crippen LogP contribution in [0.15, 0.2) is 60.7 Å². The average Bonchev–Trinajstić information content (AvgIpc) is 2.82. The van der Waals surface area contributed by atoms with Gasteiger partial charge >= 0.3 is 0 Å². The highest BCUT2D eigenvalue weighted by Crippen LogP contribution is 2.27. The zero-order valence-corrected chi connectivity index (χ0v) is 18.6. The van der Waals surface area contributed by atoms with Crippen LogP contribution in [0.3, 0.4) is 0 Å². The number of carbonyl (C=O) groups is 1. The summed E-state index contributed by atoms with van der Waals surface area (Å²) < 4.78 is 5.39. The van der Waals surface area contributed by atoms with Crippen molar-refractivity contribution in [1.82, 2.24) is 10.2 Å². The van der Waals surface area contributed by atoms with Crippen molar-refractivity contribution in [1.29, 1.82) is 0 Å². The Morgan fingerprint density at radius 2 is 1.87 bits per heavy atom. The Morgan fingerprint density at radius 3 is 2.71 bits per heavy atom. The maximum atomic E-state index is 12.5. The lowest BCUT2D eigenvalue weighted by Gasteiger charge is -2.32. The molecule has 0 saturated heterocycles. The van der Waals surface area contributed by atoms with E-state index in [0.717, 1.165) is 54.3 Å². The van der Waals surface area contributed by atoms with Gasteiger partial charge in [0.2, 0.25) is 0 Å². The first kappa shape index (κ1) is 21.4. The smallest absolute Gasteiger partial charge is 0.251 e. The van der Waals surface area contributed by atoms with Crippen LogP contribution >= 0.6 is 0 Å². The van der Waals surface area contributed by atoms with E-state index >= 15 is 0 Å². The molecule has 4 heteroatoms. The summed E-state index contributed by atoms with van der Waals surface area (Å²) in [4.78, 5) is 14.9. The van der Waals surface area contributed by atoms with Crippen molar-refractivity contribution in [2.75, 3.05) is 27.2 Å². The number of rotatable bonds is 8. The molecular formula is C27H32N2O2. The molecule has 31 heavy (non-hydrogen) atoms. The highest BCUT2D eigenvalue weighted by atomic mass is 16.5. The third-order valence-corrected chi connectivity index (χ3v) is 6.47. The first-order valence-corrected chi connectivity index (χ1v) is 11.3. The van der Waals surface area contributed by atoms with Crippen molar-refractivity contribution in [3.63, 3.8) is 0 Å². The molecule has 3 aromatic carbocycles. The van der Waals surface area contributed by atoms with Crippen LogP contribution in [0.1, 0.15) is 40.7 Å². The predicted octanol–water partition coefficient (Wildman–Crippen LogP) is 4.85. The minimum atomic E-state index is 0.0111. The average molecular weight is 417 g/mol. The Labute approximate surface area is 185 Å². The van der Waals surface area contributed by atoms with Gasteiger partial charge in [-0.25, -0.2) is 0 Å². The van der Waals surface area contributed by atoms with Crippen LogP contribution in [0, 0.1) is 0 Å². The fourth-order valence-electron chi connectivity index (χ4n) is 4.52. The van der Waals surface area contributed by atoms with E-state index in [1.165, 1.54) is 17.5 Å². The normalized spacial score (nSPS) is 15.6. The van der Waals surface area contributed by atoms with E-state index in [0.29, 0.717) is 12.6 Å². The molecule has 0 fully saturated rings. The number of amides is 1. The van der Waals surface area contributed by atoms with Gasteiger partial charge in [0.15, 0.2) is 0 Å². The van der Waals surface area contributed by atoms with Gasteiger partial charge in [0.05, 0.1) is 7.11 Å². The minimum absolute atomic E-state index is 0.0111. The van der Waals surface area contributed by atoms with Crippen LogP contribution < -0.4 is 10.1 Å². The number of fused-ring (bicyclic) bond motifs is 2. The Morgan fingerprint density at radius 1 is 1.03 bits per heavy atom. The molecule has 162 valence electrons. The van der Waals surface area contributed by atoms with Crippen molar-refractivity contribution in [3.8, 4) is 5.75 Å². The van der Waals surface area contributed by atoms with Crippen LogP contribution in [0.25, 0.3) is 10.8 Å². The number of benzene rings is 3. The summed E-state index contributed by atoms with van der Waals surface area (Å²) in [5.41, 5.74) is 3.61. The summed E-state index contributed by atoms with van der Waals surface area (Å²) in [6.07, 6.45) is 5.49. The number of nitrogens with one attached hydrogen (secondary N) is 1. The first-order valence-electron chi connectivity index (χ1n) is 11.3. The van der Waals surface area contributed by atoms with Gasteiger partial charge in [-0.3, -0.25) is 4.79 Å². The first-order chi connectivity index (χ1) is 15.1. The van der Waals surface area contributed by atoms with E-state index in [1.54, 1.807) is 7.11 Å². The van der Waals surface area contributed by atoms with Crippen LogP contribution in [0.2, 0.25) is 0 Å². The van der Waals surface area contributed by atoms with E-state index in [9.17, 15) is 4.79 Å². The van der Waals surface area contributed by atoms with E-state index in [2.05, 4.69) is 41.5 Å². The summed E-state index contributed by atoms with van der Waals surface area (Å²) in [6, 6.07) is 21.1. The number of likely N-dealkylation sites (N-methyl/N-ethyl adjacent to an activating group) is 1. The van der Waals surface area contributed by atoms with Gasteiger partial charge in [-0.15, -0.1) is 0 Å². The minimum Gasteiger partial charge on any atom is -0.497 e. The van der Waals surface area contributed by atoms with Gasteiger partial charge in [-0.1, -0.05) is 36.4 Å². The van der Waals surface area contributed by atoms with Crippen molar-refractivity contribution in [2.45, 2.75) is 38.1 Å². The molecule has 0 radical (unpaired) electrons. The standard InChI is InChI=1S/C27H32N2O2/c1-29(25-13-11-21-12-14-26(31-2)19-24(21)18-25)16-6-5-15-28-27(30)23-10-9-20-7-3-4-8-22(20)17-23/h3-4,7-10,12,14,17,19,25H,5-6,11,13,15-16,18H2,1-2H3,(H,28,30)/t25-/m1/s1. The molecule has 0 bridgehead atoms. The topological polar surface area (TPSA) is 41.6 Å². The van der Waals surface area contributed by atoms with E-state index in [-0.39, 0.29) is 5.91 Å². The Kier molecular flexibility index (Phi) is 6.88. The molecular weight excluding hydrogens is 384 g/mol. The van der Waals surface area contributed by atoms with Crippen molar-refractivity contribution >= 4 is 16.7 Å². The lowest BCUT2D eigenvalue weighted by atomic mass is 9.87. The lowest BCUT2D eigenvalue weighted by molar-refractivity contribution is 0.0952. The maximum Gasteiger partial charge on any atom is 0.251 e. The molecule has 0 spiro atoms. The fraction of sp³-hybridized carbons (Fsp3) is 0.370. The van der Waals surface area contributed by atoms with E-state index in [4.69, 9.17) is 4.74 Å². The summed E-state index contributed by atoms with van der Waals surface area (Å²) >= 11 is 0. The van der Waals surface area contributed by atoms with E-state index in [1.807, 2.05) is 36.4 Å². The summed E-state index contributed by atoms with van der Waals surface area (Å²) in [5.74, 6) is 0.959. The molecule has 4 rings (SSSR count). The van der Waals surface area contributed by atoms with Gasteiger partial charge in [0.1, 0.15) is 5.75 Å². The van der Waals surface area contributed by atoms with Crippen LogP contribution in [0.5, 0.6) is 5.75 Å². The number of unbranched alkanes of at least 4 members (excludes halogenated alkanes) is 1. The van der Waals surface area contributed by atoms with Gasteiger partial charge in [-0.2, -0.15) is 0 Å². The molecule has 0 aromatic heterocycles. The summed E-state index contributed by atoms with van der Waals surface area (Å²) in [5, 5.41) is 5.33. The molecule has 0 heterocycles. The number of carbonyl (C=O) groups excluding carboxylic acids is 1. The monoisotopic (exact) mass is 416 g/mol. The molecule has 1 N–H and O–H groups in total. The third-order valence-electron chi connectivity index (χ3n) is 6.47. The molecule has 1 aliphatic carbocycles. The molecule has 3 aromatic rings. The number of ether oxygens (including phenoxy) is 1. The van der Waals surface area contributed by atoms with Gasteiger partial charge < -0.3 is 15.0 Å². The van der Waals surface area contributed by atoms with Crippen molar-refractivity contribution in [3.05, 3.63) is 77.4 Å². The lowest BCUT2D eigenvalue weighted by Crippen LogP contribution is -2.37. The second kappa shape index (κ2) is 9.97. The second-order valence-corrected chi connectivity index (χ2v) is 8.54. The highest BCUT2D eigenvalue weighted by molar-refractivity contribution is 5.98. The largest absolute Gasteiger partial charge is 0.497 e. The van der Waals surface area contributed by atoms with Gasteiger partial charge in [0, 0.05) is 18.2 Å². The number of methoxy groups -OCH3 is 1. The van der Waals surface area contributed by atoms with E-state index < -0.39 is 0 Å². The van der Waals surface area contributed by atoms with Crippen LogP contribution in [0.4, 0.5) is 0 Å². The van der Waals surface area contributed by atoms with Crippen LogP contribution in [-0.2, 0) is 12.8 Å². The van der Waals surface area contributed by atoms with Crippen LogP contribution in [-0.4, -0.2) is 44.1 Å². The second-order valence-electron chi connectivity index (χ2n) is 8.54. The quantitative estimate of drug-likeness (QED) is 0.534. The Hall–Kier alpha value is -2.85. The predicted molar refractivity (Wildman–Crippen MR) is 127 cm³/mol. The van der Waals surface area contributed by atoms with Gasteiger partial charge in [-0.05, 0) is 91.9 Å².